The minimum Gasteiger partial charge on any atom is -0.457 e. The van der Waals surface area contributed by atoms with E-state index >= 15 is 0 Å². The van der Waals surface area contributed by atoms with Gasteiger partial charge in [0.1, 0.15) is 30.5 Å². The van der Waals surface area contributed by atoms with Crippen molar-refractivity contribution in [3.8, 4) is 0 Å². The van der Waals surface area contributed by atoms with E-state index in [0.29, 0.717) is 13.0 Å². The van der Waals surface area contributed by atoms with E-state index < -0.39 is 43.4 Å². The van der Waals surface area contributed by atoms with Crippen molar-refractivity contribution in [1.82, 2.24) is 0 Å². The highest BCUT2D eigenvalue weighted by atomic mass is 16.7. The Morgan fingerprint density at radius 2 is 1.29 bits per heavy atom. The van der Waals surface area contributed by atoms with E-state index in [1.54, 1.807) is 0 Å². The van der Waals surface area contributed by atoms with Gasteiger partial charge in [0.25, 0.3) is 0 Å². The zero-order valence-corrected chi connectivity index (χ0v) is 28.4. The number of allylic oxidation sites excluding steroid dienone is 4. The molecule has 0 saturated carbocycles. The van der Waals surface area contributed by atoms with Gasteiger partial charge in [0, 0.05) is 13.0 Å². The molecular formula is C36H66O9. The Balaban J connectivity index is 2.34. The average Bonchev–Trinajstić information content (AvgIpc) is 3.04. The number of hydrogen-bond acceptors (Lipinski definition) is 9. The van der Waals surface area contributed by atoms with Gasteiger partial charge in [-0.1, -0.05) is 109 Å². The molecule has 6 unspecified atom stereocenters. The number of unbranched alkanes of at least 4 members (excludes halogenated alkanes) is 14. The number of ether oxygens (including phenoxy) is 4. The van der Waals surface area contributed by atoms with Gasteiger partial charge in [-0.2, -0.15) is 0 Å². The highest BCUT2D eigenvalue weighted by Crippen LogP contribution is 2.22. The van der Waals surface area contributed by atoms with Gasteiger partial charge < -0.3 is 39.4 Å². The maximum atomic E-state index is 12.6. The molecule has 45 heavy (non-hydrogen) atoms. The number of carbonyl (C=O) groups is 1. The summed E-state index contributed by atoms with van der Waals surface area (Å²) in [5.74, 6) is -0.331. The zero-order chi connectivity index (χ0) is 33.0. The molecule has 9 heteroatoms. The van der Waals surface area contributed by atoms with Crippen molar-refractivity contribution in [2.24, 2.45) is 0 Å². The van der Waals surface area contributed by atoms with Crippen molar-refractivity contribution in [2.75, 3.05) is 26.4 Å². The average molecular weight is 643 g/mol. The third kappa shape index (κ3) is 21.2. The number of rotatable bonds is 29. The van der Waals surface area contributed by atoms with Gasteiger partial charge in [-0.15, -0.1) is 0 Å². The summed E-state index contributed by atoms with van der Waals surface area (Å²) >= 11 is 0. The van der Waals surface area contributed by atoms with E-state index in [2.05, 4.69) is 38.2 Å². The molecule has 1 saturated heterocycles. The lowest BCUT2D eigenvalue weighted by Gasteiger charge is -2.39. The summed E-state index contributed by atoms with van der Waals surface area (Å²) in [6.07, 6.45) is 22.1. The molecule has 0 aliphatic carbocycles. The summed E-state index contributed by atoms with van der Waals surface area (Å²) in [4.78, 5) is 12.6. The van der Waals surface area contributed by atoms with Gasteiger partial charge in [0.15, 0.2) is 6.29 Å². The molecule has 4 N–H and O–H groups in total. The van der Waals surface area contributed by atoms with Gasteiger partial charge in [0.05, 0.1) is 19.8 Å². The second-order valence-corrected chi connectivity index (χ2v) is 12.3. The Bertz CT molecular complexity index is 742. The molecule has 1 heterocycles. The van der Waals surface area contributed by atoms with Crippen LogP contribution in [-0.4, -0.2) is 89.6 Å². The van der Waals surface area contributed by atoms with Crippen molar-refractivity contribution in [2.45, 2.75) is 173 Å². The molecule has 0 aromatic carbocycles. The van der Waals surface area contributed by atoms with E-state index in [0.717, 1.165) is 57.8 Å². The van der Waals surface area contributed by atoms with Crippen molar-refractivity contribution in [3.05, 3.63) is 24.3 Å². The Morgan fingerprint density at radius 3 is 1.96 bits per heavy atom. The molecule has 0 aromatic rings. The van der Waals surface area contributed by atoms with Gasteiger partial charge in [-0.3, -0.25) is 4.79 Å². The Kier molecular flexibility index (Phi) is 26.7. The Morgan fingerprint density at radius 1 is 0.711 bits per heavy atom. The van der Waals surface area contributed by atoms with Crippen LogP contribution in [0.25, 0.3) is 0 Å². The number of carbonyl (C=O) groups excluding carboxylic acids is 1. The highest BCUT2D eigenvalue weighted by molar-refractivity contribution is 5.69. The van der Waals surface area contributed by atoms with E-state index in [1.807, 2.05) is 0 Å². The summed E-state index contributed by atoms with van der Waals surface area (Å²) in [5.41, 5.74) is 0. The van der Waals surface area contributed by atoms with Crippen molar-refractivity contribution < 1.29 is 44.2 Å². The third-order valence-electron chi connectivity index (χ3n) is 8.12. The van der Waals surface area contributed by atoms with Crippen molar-refractivity contribution in [3.63, 3.8) is 0 Å². The van der Waals surface area contributed by atoms with Gasteiger partial charge in [-0.05, 0) is 44.9 Å². The molecule has 0 aromatic heterocycles. The van der Waals surface area contributed by atoms with Gasteiger partial charge >= 0.3 is 5.97 Å². The monoisotopic (exact) mass is 642 g/mol. The largest absolute Gasteiger partial charge is 0.457 e. The van der Waals surface area contributed by atoms with E-state index in [4.69, 9.17) is 18.9 Å². The van der Waals surface area contributed by atoms with Crippen LogP contribution in [0.15, 0.2) is 24.3 Å². The molecule has 6 atom stereocenters. The lowest BCUT2D eigenvalue weighted by Crippen LogP contribution is -2.59. The molecule has 0 spiro atoms. The first kappa shape index (κ1) is 41.7. The molecule has 1 rings (SSSR count). The summed E-state index contributed by atoms with van der Waals surface area (Å²) in [6.45, 7) is 4.46. The van der Waals surface area contributed by atoms with Crippen LogP contribution >= 0.6 is 0 Å². The lowest BCUT2D eigenvalue weighted by molar-refractivity contribution is -0.305. The van der Waals surface area contributed by atoms with Gasteiger partial charge in [-0.25, -0.2) is 0 Å². The molecule has 1 aliphatic heterocycles. The molecule has 264 valence electrons. The lowest BCUT2D eigenvalue weighted by atomic mass is 9.99. The topological polar surface area (TPSA) is 135 Å². The maximum absolute atomic E-state index is 12.6. The van der Waals surface area contributed by atoms with Crippen molar-refractivity contribution in [1.29, 1.82) is 0 Å². The Hall–Kier alpha value is -1.33. The van der Waals surface area contributed by atoms with Crippen LogP contribution in [0.2, 0.25) is 0 Å². The first-order valence-electron chi connectivity index (χ1n) is 17.9. The molecule has 1 fully saturated rings. The standard InChI is InChI=1S/C36H66O9/c1-3-5-7-9-11-12-13-14-15-16-17-18-19-21-23-25-32(38)44-30(28-42-26-24-22-20-10-8-6-4-2)29-43-36-35(41)34(40)33(39)31(27-37)45-36/h11-12,14-15,30-31,33-37,39-41H,3-10,13,16-29H2,1-2H3/b12-11-,15-14-. The molecule has 0 bridgehead atoms. The minimum atomic E-state index is -1.53. The molecule has 1 aliphatic rings. The van der Waals surface area contributed by atoms with Crippen LogP contribution in [0, 0.1) is 0 Å². The quantitative estimate of drug-likeness (QED) is 0.0421. The normalized spacial score (nSPS) is 22.8. The van der Waals surface area contributed by atoms with Gasteiger partial charge in [0.2, 0.25) is 0 Å². The summed E-state index contributed by atoms with van der Waals surface area (Å²) in [7, 11) is 0. The van der Waals surface area contributed by atoms with Crippen molar-refractivity contribution >= 4 is 5.97 Å². The van der Waals surface area contributed by atoms with Crippen LogP contribution in [-0.2, 0) is 23.7 Å². The first-order chi connectivity index (χ1) is 21.9. The number of aliphatic hydroxyl groups is 4. The zero-order valence-electron chi connectivity index (χ0n) is 28.4. The predicted molar refractivity (Wildman–Crippen MR) is 178 cm³/mol. The summed E-state index contributed by atoms with van der Waals surface area (Å²) in [5, 5.41) is 39.8. The second-order valence-electron chi connectivity index (χ2n) is 12.3. The Labute approximate surface area is 273 Å². The van der Waals surface area contributed by atoms with E-state index in [-0.39, 0.29) is 19.2 Å². The smallest absolute Gasteiger partial charge is 0.306 e. The van der Waals surface area contributed by atoms with Crippen LogP contribution in [0.1, 0.15) is 136 Å². The predicted octanol–water partition coefficient (Wildman–Crippen LogP) is 6.30. The summed E-state index contributed by atoms with van der Waals surface area (Å²) in [6, 6.07) is 0. The first-order valence-corrected chi connectivity index (χ1v) is 17.9. The fourth-order valence-corrected chi connectivity index (χ4v) is 5.23. The molecular weight excluding hydrogens is 576 g/mol. The minimum absolute atomic E-state index is 0.117. The maximum Gasteiger partial charge on any atom is 0.306 e. The fourth-order valence-electron chi connectivity index (χ4n) is 5.23. The number of aliphatic hydroxyl groups excluding tert-OH is 4. The summed E-state index contributed by atoms with van der Waals surface area (Å²) < 4.78 is 22.5. The number of esters is 1. The molecule has 0 amide bonds. The SMILES string of the molecule is CCCCC/C=C\C/C=C\CCCCCCCC(=O)OC(COCCCCCCCCC)COC1OC(CO)C(O)C(O)C1O. The van der Waals surface area contributed by atoms with E-state index in [9.17, 15) is 25.2 Å². The number of hydrogen-bond donors (Lipinski definition) is 4. The van der Waals surface area contributed by atoms with Crippen LogP contribution in [0.5, 0.6) is 0 Å². The second kappa shape index (κ2) is 28.9. The van der Waals surface area contributed by atoms with Crippen LogP contribution in [0.3, 0.4) is 0 Å². The third-order valence-corrected chi connectivity index (χ3v) is 8.12. The molecule has 0 radical (unpaired) electrons. The van der Waals surface area contributed by atoms with Crippen LogP contribution in [0.4, 0.5) is 0 Å². The van der Waals surface area contributed by atoms with E-state index in [1.165, 1.54) is 57.8 Å². The fraction of sp³-hybridized carbons (Fsp3) is 0.861. The molecule has 9 nitrogen and oxygen atoms in total. The highest BCUT2D eigenvalue weighted by Gasteiger charge is 2.44. The van der Waals surface area contributed by atoms with Crippen LogP contribution < -0.4 is 0 Å².